The van der Waals surface area contributed by atoms with E-state index in [4.69, 9.17) is 5.11 Å². The number of carbonyl (C=O) groups is 2. The first-order valence-electron chi connectivity index (χ1n) is 8.70. The number of anilines is 1. The van der Waals surface area contributed by atoms with Gasteiger partial charge in [0.25, 0.3) is 0 Å². The second-order valence-electron chi connectivity index (χ2n) is 6.92. The van der Waals surface area contributed by atoms with Gasteiger partial charge in [0.2, 0.25) is 5.91 Å². The fourth-order valence-corrected chi connectivity index (χ4v) is 3.37. The Bertz CT molecular complexity index is 600. The molecule has 1 aromatic carbocycles. The SMILES string of the molecule is Cc1ccc(NC(=O)C(C)N2CCCC(CCC(=O)O)C2)c(C)c1. The zero-order valence-corrected chi connectivity index (χ0v) is 14.8. The van der Waals surface area contributed by atoms with Crippen LogP contribution in [0.25, 0.3) is 0 Å². The second-order valence-corrected chi connectivity index (χ2v) is 6.92. The number of likely N-dealkylation sites (tertiary alicyclic amines) is 1. The van der Waals surface area contributed by atoms with Gasteiger partial charge in [0.15, 0.2) is 0 Å². The molecule has 2 rings (SSSR count). The molecule has 5 heteroatoms. The van der Waals surface area contributed by atoms with Gasteiger partial charge in [0, 0.05) is 18.7 Å². The Labute approximate surface area is 144 Å². The smallest absolute Gasteiger partial charge is 0.303 e. The summed E-state index contributed by atoms with van der Waals surface area (Å²) in [7, 11) is 0. The number of piperidine rings is 1. The molecule has 0 bridgehead atoms. The van der Waals surface area contributed by atoms with E-state index >= 15 is 0 Å². The van der Waals surface area contributed by atoms with E-state index in [2.05, 4.69) is 16.3 Å². The Kier molecular flexibility index (Phi) is 6.37. The third-order valence-corrected chi connectivity index (χ3v) is 4.88. The monoisotopic (exact) mass is 332 g/mol. The van der Waals surface area contributed by atoms with Gasteiger partial charge in [-0.15, -0.1) is 0 Å². The second kappa shape index (κ2) is 8.29. The normalized spacial score (nSPS) is 19.7. The maximum Gasteiger partial charge on any atom is 0.303 e. The highest BCUT2D eigenvalue weighted by Crippen LogP contribution is 2.23. The highest BCUT2D eigenvalue weighted by Gasteiger charge is 2.27. The molecule has 2 N–H and O–H groups in total. The number of rotatable bonds is 6. The van der Waals surface area contributed by atoms with Crippen LogP contribution >= 0.6 is 0 Å². The minimum atomic E-state index is -0.743. The van der Waals surface area contributed by atoms with Crippen LogP contribution in [0.4, 0.5) is 5.69 Å². The maximum absolute atomic E-state index is 12.6. The average Bonchev–Trinajstić information content (AvgIpc) is 2.55. The van der Waals surface area contributed by atoms with Crippen LogP contribution in [0.3, 0.4) is 0 Å². The summed E-state index contributed by atoms with van der Waals surface area (Å²) in [6.07, 6.45) is 2.97. The largest absolute Gasteiger partial charge is 0.481 e. The number of aryl methyl sites for hydroxylation is 2. The van der Waals surface area contributed by atoms with Crippen LogP contribution in [0.15, 0.2) is 18.2 Å². The van der Waals surface area contributed by atoms with E-state index in [-0.39, 0.29) is 18.4 Å². The lowest BCUT2D eigenvalue weighted by atomic mass is 9.92. The average molecular weight is 332 g/mol. The van der Waals surface area contributed by atoms with Crippen molar-refractivity contribution in [2.24, 2.45) is 5.92 Å². The fourth-order valence-electron chi connectivity index (χ4n) is 3.37. The summed E-state index contributed by atoms with van der Waals surface area (Å²) in [5.41, 5.74) is 3.10. The number of aliphatic carboxylic acids is 1. The van der Waals surface area contributed by atoms with Crippen molar-refractivity contribution >= 4 is 17.6 Å². The van der Waals surface area contributed by atoms with Crippen molar-refractivity contribution in [3.63, 3.8) is 0 Å². The number of carboxylic acids is 1. The Balaban J connectivity index is 1.93. The van der Waals surface area contributed by atoms with Crippen LogP contribution in [0.5, 0.6) is 0 Å². The summed E-state index contributed by atoms with van der Waals surface area (Å²) in [4.78, 5) is 25.5. The van der Waals surface area contributed by atoms with Crippen LogP contribution in [0.1, 0.15) is 43.7 Å². The predicted molar refractivity (Wildman–Crippen MR) is 95.2 cm³/mol. The molecule has 0 aliphatic carbocycles. The zero-order chi connectivity index (χ0) is 17.7. The summed E-state index contributed by atoms with van der Waals surface area (Å²) in [6.45, 7) is 7.65. The number of amides is 1. The molecular formula is C19H28N2O3. The molecule has 2 unspecified atom stereocenters. The minimum Gasteiger partial charge on any atom is -0.481 e. The maximum atomic E-state index is 12.6. The van der Waals surface area contributed by atoms with E-state index in [1.165, 1.54) is 5.56 Å². The summed E-state index contributed by atoms with van der Waals surface area (Å²) in [5.74, 6) is -0.375. The van der Waals surface area contributed by atoms with Crippen LogP contribution in [0.2, 0.25) is 0 Å². The van der Waals surface area contributed by atoms with Crippen molar-refractivity contribution in [2.75, 3.05) is 18.4 Å². The van der Waals surface area contributed by atoms with E-state index in [0.717, 1.165) is 37.2 Å². The van der Waals surface area contributed by atoms with Crippen molar-refractivity contribution in [3.8, 4) is 0 Å². The number of hydrogen-bond donors (Lipinski definition) is 2. The van der Waals surface area contributed by atoms with Gasteiger partial charge in [-0.3, -0.25) is 14.5 Å². The van der Waals surface area contributed by atoms with Crippen molar-refractivity contribution in [1.29, 1.82) is 0 Å². The van der Waals surface area contributed by atoms with Gasteiger partial charge in [-0.1, -0.05) is 17.7 Å². The quantitative estimate of drug-likeness (QED) is 0.839. The van der Waals surface area contributed by atoms with Crippen molar-refractivity contribution in [2.45, 2.75) is 52.5 Å². The first-order chi connectivity index (χ1) is 11.4. The summed E-state index contributed by atoms with van der Waals surface area (Å²) < 4.78 is 0. The van der Waals surface area contributed by atoms with Crippen LogP contribution in [-0.4, -0.2) is 41.0 Å². The number of hydrogen-bond acceptors (Lipinski definition) is 3. The topological polar surface area (TPSA) is 69.6 Å². The van der Waals surface area contributed by atoms with Crippen LogP contribution in [-0.2, 0) is 9.59 Å². The Morgan fingerprint density at radius 1 is 1.38 bits per heavy atom. The molecule has 1 aliphatic rings. The minimum absolute atomic E-state index is 0.000776. The number of nitrogens with one attached hydrogen (secondary N) is 1. The van der Waals surface area contributed by atoms with E-state index in [1.54, 1.807) is 0 Å². The van der Waals surface area contributed by atoms with Crippen LogP contribution < -0.4 is 5.32 Å². The molecule has 1 saturated heterocycles. The van der Waals surface area contributed by atoms with E-state index in [0.29, 0.717) is 12.3 Å². The molecule has 0 spiro atoms. The molecular weight excluding hydrogens is 304 g/mol. The molecule has 1 aliphatic heterocycles. The van der Waals surface area contributed by atoms with Gasteiger partial charge in [-0.25, -0.2) is 0 Å². The molecule has 0 radical (unpaired) electrons. The van der Waals surface area contributed by atoms with Crippen molar-refractivity contribution in [3.05, 3.63) is 29.3 Å². The molecule has 5 nitrogen and oxygen atoms in total. The van der Waals surface area contributed by atoms with Gasteiger partial charge in [-0.2, -0.15) is 0 Å². The lowest BCUT2D eigenvalue weighted by Crippen LogP contribution is -2.47. The third-order valence-electron chi connectivity index (χ3n) is 4.88. The molecule has 24 heavy (non-hydrogen) atoms. The van der Waals surface area contributed by atoms with E-state index in [9.17, 15) is 9.59 Å². The summed E-state index contributed by atoms with van der Waals surface area (Å²) >= 11 is 0. The van der Waals surface area contributed by atoms with Crippen molar-refractivity contribution < 1.29 is 14.7 Å². The van der Waals surface area contributed by atoms with Crippen molar-refractivity contribution in [1.82, 2.24) is 4.90 Å². The Morgan fingerprint density at radius 3 is 2.79 bits per heavy atom. The molecule has 132 valence electrons. The summed E-state index contributed by atoms with van der Waals surface area (Å²) in [5, 5.41) is 11.9. The van der Waals surface area contributed by atoms with Gasteiger partial charge in [0.05, 0.1) is 6.04 Å². The fraction of sp³-hybridized carbons (Fsp3) is 0.579. The zero-order valence-electron chi connectivity index (χ0n) is 14.8. The van der Waals surface area contributed by atoms with E-state index in [1.807, 2.05) is 32.9 Å². The Morgan fingerprint density at radius 2 is 2.12 bits per heavy atom. The van der Waals surface area contributed by atoms with Crippen LogP contribution in [0, 0.1) is 19.8 Å². The van der Waals surface area contributed by atoms with Gasteiger partial charge >= 0.3 is 5.97 Å². The predicted octanol–water partition coefficient (Wildman–Crippen LogP) is 3.21. The molecule has 1 amide bonds. The Hall–Kier alpha value is -1.88. The molecule has 0 saturated carbocycles. The number of carboxylic acid groups (broad SMARTS) is 1. The highest BCUT2D eigenvalue weighted by atomic mass is 16.4. The molecule has 1 aromatic rings. The summed E-state index contributed by atoms with van der Waals surface area (Å²) in [6, 6.07) is 5.79. The number of carbonyl (C=O) groups excluding carboxylic acids is 1. The number of nitrogens with zero attached hydrogens (tertiary/aromatic N) is 1. The molecule has 0 aromatic heterocycles. The van der Waals surface area contributed by atoms with Gasteiger partial charge < -0.3 is 10.4 Å². The van der Waals surface area contributed by atoms with E-state index < -0.39 is 5.97 Å². The lowest BCUT2D eigenvalue weighted by molar-refractivity contribution is -0.137. The lowest BCUT2D eigenvalue weighted by Gasteiger charge is -2.36. The molecule has 1 heterocycles. The third kappa shape index (κ3) is 5.06. The highest BCUT2D eigenvalue weighted by molar-refractivity contribution is 5.95. The van der Waals surface area contributed by atoms with Gasteiger partial charge in [0.1, 0.15) is 0 Å². The first-order valence-corrected chi connectivity index (χ1v) is 8.70. The molecule has 2 atom stereocenters. The molecule has 1 fully saturated rings. The van der Waals surface area contributed by atoms with Gasteiger partial charge in [-0.05, 0) is 64.1 Å². The first kappa shape index (κ1) is 18.5. The number of benzene rings is 1. The standard InChI is InChI=1S/C19H28N2O3/c1-13-6-8-17(14(2)11-13)20-19(24)15(3)21-10-4-5-16(12-21)7-9-18(22)23/h6,8,11,15-16H,4-5,7,9-10,12H2,1-3H3,(H,20,24)(H,22,23).